The average molecular weight is 256 g/mol. The highest BCUT2D eigenvalue weighted by Gasteiger charge is 2.17. The van der Waals surface area contributed by atoms with Crippen molar-refractivity contribution in [3.63, 3.8) is 0 Å². The van der Waals surface area contributed by atoms with Gasteiger partial charge in [-0.1, -0.05) is 27.7 Å². The summed E-state index contributed by atoms with van der Waals surface area (Å²) in [5.74, 6) is 2.75. The third-order valence-electron chi connectivity index (χ3n) is 3.06. The smallest absolute Gasteiger partial charge is 0.224 e. The molecule has 0 spiro atoms. The predicted octanol–water partition coefficient (Wildman–Crippen LogP) is 3.78. The first kappa shape index (κ1) is 14.2. The van der Waals surface area contributed by atoms with Gasteiger partial charge in [0.2, 0.25) is 5.28 Å². The minimum atomic E-state index is 0.304. The van der Waals surface area contributed by atoms with E-state index >= 15 is 0 Å². The lowest BCUT2D eigenvalue weighted by molar-refractivity contribution is 0.304. The van der Waals surface area contributed by atoms with Gasteiger partial charge in [-0.2, -0.15) is 0 Å². The summed E-state index contributed by atoms with van der Waals surface area (Å²) < 4.78 is 0. The first-order valence-electron chi connectivity index (χ1n) is 6.15. The fourth-order valence-corrected chi connectivity index (χ4v) is 2.31. The van der Waals surface area contributed by atoms with Crippen LogP contribution < -0.4 is 5.32 Å². The lowest BCUT2D eigenvalue weighted by atomic mass is 9.85. The quantitative estimate of drug-likeness (QED) is 0.814. The van der Waals surface area contributed by atoms with Crippen LogP contribution in [0.15, 0.2) is 6.07 Å². The molecule has 1 aromatic rings. The molecule has 0 bridgehead atoms. The second-order valence-corrected chi connectivity index (χ2v) is 5.53. The summed E-state index contributed by atoms with van der Waals surface area (Å²) in [6.07, 6.45) is 0. The number of anilines is 1. The van der Waals surface area contributed by atoms with E-state index in [1.54, 1.807) is 0 Å². The zero-order valence-electron chi connectivity index (χ0n) is 11.3. The van der Waals surface area contributed by atoms with Crippen LogP contribution in [-0.4, -0.2) is 16.5 Å². The molecule has 1 heterocycles. The lowest BCUT2D eigenvalue weighted by Crippen LogP contribution is -2.24. The molecule has 3 nitrogen and oxygen atoms in total. The summed E-state index contributed by atoms with van der Waals surface area (Å²) in [6.45, 7) is 11.9. The van der Waals surface area contributed by atoms with Gasteiger partial charge in [-0.15, -0.1) is 0 Å². The van der Waals surface area contributed by atoms with Crippen molar-refractivity contribution in [2.75, 3.05) is 11.9 Å². The topological polar surface area (TPSA) is 37.8 Å². The van der Waals surface area contributed by atoms with Crippen molar-refractivity contribution in [1.29, 1.82) is 0 Å². The van der Waals surface area contributed by atoms with E-state index < -0.39 is 0 Å². The number of halogens is 1. The fraction of sp³-hybridized carbons (Fsp3) is 0.692. The maximum Gasteiger partial charge on any atom is 0.224 e. The highest BCUT2D eigenvalue weighted by molar-refractivity contribution is 6.28. The summed E-state index contributed by atoms with van der Waals surface area (Å²) in [5, 5.41) is 3.66. The molecule has 0 atom stereocenters. The second kappa shape index (κ2) is 6.20. The molecule has 1 N–H and O–H groups in total. The normalized spacial score (nSPS) is 11.6. The Kier molecular flexibility index (Phi) is 5.19. The molecule has 0 saturated heterocycles. The van der Waals surface area contributed by atoms with Gasteiger partial charge in [-0.05, 0) is 36.3 Å². The number of nitrogens with zero attached hydrogens (tertiary/aromatic N) is 2. The Labute approximate surface area is 109 Å². The lowest BCUT2D eigenvalue weighted by Gasteiger charge is -2.25. The van der Waals surface area contributed by atoms with Gasteiger partial charge in [-0.25, -0.2) is 9.97 Å². The van der Waals surface area contributed by atoms with E-state index in [1.807, 2.05) is 13.0 Å². The van der Waals surface area contributed by atoms with Crippen LogP contribution >= 0.6 is 11.6 Å². The summed E-state index contributed by atoms with van der Waals surface area (Å²) in [5.41, 5.74) is 0.887. The Bertz CT molecular complexity index is 335. The number of aryl methyl sites for hydroxylation is 1. The van der Waals surface area contributed by atoms with Crippen molar-refractivity contribution in [1.82, 2.24) is 9.97 Å². The molecule has 96 valence electrons. The van der Waals surface area contributed by atoms with Crippen LogP contribution in [0.2, 0.25) is 5.28 Å². The second-order valence-electron chi connectivity index (χ2n) is 5.20. The molecule has 0 saturated carbocycles. The third kappa shape index (κ3) is 4.50. The third-order valence-corrected chi connectivity index (χ3v) is 3.23. The van der Waals surface area contributed by atoms with E-state index in [0.29, 0.717) is 23.0 Å². The van der Waals surface area contributed by atoms with Gasteiger partial charge in [0, 0.05) is 18.3 Å². The zero-order chi connectivity index (χ0) is 13.0. The predicted molar refractivity (Wildman–Crippen MR) is 73.4 cm³/mol. The van der Waals surface area contributed by atoms with E-state index in [-0.39, 0.29) is 0 Å². The Balaban J connectivity index is 2.65. The van der Waals surface area contributed by atoms with E-state index in [1.165, 1.54) is 0 Å². The number of hydrogen-bond acceptors (Lipinski definition) is 3. The summed E-state index contributed by atoms with van der Waals surface area (Å²) in [7, 11) is 0. The van der Waals surface area contributed by atoms with Crippen molar-refractivity contribution in [2.24, 2.45) is 17.8 Å². The van der Waals surface area contributed by atoms with Crippen molar-refractivity contribution in [3.05, 3.63) is 17.0 Å². The highest BCUT2D eigenvalue weighted by atomic mass is 35.5. The first-order valence-corrected chi connectivity index (χ1v) is 6.53. The summed E-state index contributed by atoms with van der Waals surface area (Å²) >= 11 is 5.83. The Morgan fingerprint density at radius 1 is 1.18 bits per heavy atom. The molecule has 0 aliphatic carbocycles. The van der Waals surface area contributed by atoms with Crippen LogP contribution in [0.5, 0.6) is 0 Å². The molecule has 0 aliphatic heterocycles. The van der Waals surface area contributed by atoms with Gasteiger partial charge in [0.15, 0.2) is 0 Å². The van der Waals surface area contributed by atoms with Gasteiger partial charge < -0.3 is 5.32 Å². The SMILES string of the molecule is Cc1cc(NCC(C(C)C)C(C)C)nc(Cl)n1. The maximum absolute atomic E-state index is 5.83. The summed E-state index contributed by atoms with van der Waals surface area (Å²) in [4.78, 5) is 8.21. The van der Waals surface area contributed by atoms with Crippen molar-refractivity contribution >= 4 is 17.4 Å². The Morgan fingerprint density at radius 3 is 2.24 bits per heavy atom. The first-order chi connectivity index (χ1) is 7.90. The van der Waals surface area contributed by atoms with Gasteiger partial charge in [0.05, 0.1) is 0 Å². The van der Waals surface area contributed by atoms with Crippen LogP contribution in [0, 0.1) is 24.7 Å². The number of aromatic nitrogens is 2. The number of rotatable bonds is 5. The Hall–Kier alpha value is -0.830. The molecule has 0 aliphatic rings. The molecular formula is C13H22ClN3. The van der Waals surface area contributed by atoms with E-state index in [4.69, 9.17) is 11.6 Å². The van der Waals surface area contributed by atoms with Crippen molar-refractivity contribution < 1.29 is 0 Å². The molecule has 1 rings (SSSR count). The standard InChI is InChI=1S/C13H22ClN3/c1-8(2)11(9(3)4)7-15-12-6-10(5)16-13(14)17-12/h6,8-9,11H,7H2,1-5H3,(H,15,16,17). The largest absolute Gasteiger partial charge is 0.370 e. The molecule has 0 radical (unpaired) electrons. The van der Waals surface area contributed by atoms with Crippen molar-refractivity contribution in [3.8, 4) is 0 Å². The minimum Gasteiger partial charge on any atom is -0.370 e. The molecule has 0 amide bonds. The Morgan fingerprint density at radius 2 is 1.76 bits per heavy atom. The van der Waals surface area contributed by atoms with Crippen LogP contribution in [0.1, 0.15) is 33.4 Å². The van der Waals surface area contributed by atoms with Crippen LogP contribution in [-0.2, 0) is 0 Å². The highest BCUT2D eigenvalue weighted by Crippen LogP contribution is 2.21. The molecule has 0 fully saturated rings. The van der Waals surface area contributed by atoms with Gasteiger partial charge in [0.25, 0.3) is 0 Å². The maximum atomic E-state index is 5.83. The minimum absolute atomic E-state index is 0.304. The summed E-state index contributed by atoms with van der Waals surface area (Å²) in [6, 6.07) is 1.92. The fourth-order valence-electron chi connectivity index (χ4n) is 2.09. The van der Waals surface area contributed by atoms with Crippen LogP contribution in [0.3, 0.4) is 0 Å². The van der Waals surface area contributed by atoms with Gasteiger partial charge in [-0.3, -0.25) is 0 Å². The van der Waals surface area contributed by atoms with Crippen LogP contribution in [0.4, 0.5) is 5.82 Å². The monoisotopic (exact) mass is 255 g/mol. The molecule has 4 heteroatoms. The molecule has 0 aromatic carbocycles. The molecule has 17 heavy (non-hydrogen) atoms. The zero-order valence-corrected chi connectivity index (χ0v) is 12.0. The van der Waals surface area contributed by atoms with Gasteiger partial charge in [0.1, 0.15) is 5.82 Å². The molecular weight excluding hydrogens is 234 g/mol. The van der Waals surface area contributed by atoms with Gasteiger partial charge >= 0.3 is 0 Å². The van der Waals surface area contributed by atoms with E-state index in [2.05, 4.69) is 43.0 Å². The number of nitrogens with one attached hydrogen (secondary N) is 1. The molecule has 1 aromatic heterocycles. The average Bonchev–Trinajstić information content (AvgIpc) is 2.14. The van der Waals surface area contributed by atoms with Crippen molar-refractivity contribution in [2.45, 2.75) is 34.6 Å². The number of hydrogen-bond donors (Lipinski definition) is 1. The van der Waals surface area contributed by atoms with E-state index in [0.717, 1.165) is 18.1 Å². The molecule has 0 unspecified atom stereocenters. The van der Waals surface area contributed by atoms with E-state index in [9.17, 15) is 0 Å². The van der Waals surface area contributed by atoms with Crippen LogP contribution in [0.25, 0.3) is 0 Å².